The fraction of sp³-hybridized carbons (Fsp3) is 0.537. The molecule has 1 rings (SSSR count). The number of ether oxygens (including phenoxy) is 2. The molecule has 1 aliphatic rings. The fourth-order valence-electron chi connectivity index (χ4n) is 5.56. The van der Waals surface area contributed by atoms with Crippen molar-refractivity contribution in [1.82, 2.24) is 5.32 Å². The normalized spacial score (nSPS) is 17.7. The van der Waals surface area contributed by atoms with E-state index < -0.39 is 61.5 Å². The molecule has 0 saturated carbocycles. The second kappa shape index (κ2) is 36.7. The maximum absolute atomic E-state index is 12.8. The van der Waals surface area contributed by atoms with E-state index in [2.05, 4.69) is 154 Å². The van der Waals surface area contributed by atoms with Gasteiger partial charge in [0.2, 0.25) is 0 Å². The highest BCUT2D eigenvalue weighted by Crippen LogP contribution is 2.30. The van der Waals surface area contributed by atoms with E-state index >= 15 is 0 Å². The van der Waals surface area contributed by atoms with Gasteiger partial charge in [-0.2, -0.15) is 11.8 Å². The molecule has 1 heterocycles. The number of rotatable bonds is 21. The third kappa shape index (κ3) is 29.5. The summed E-state index contributed by atoms with van der Waals surface area (Å²) in [6, 6.07) is -1.19. The number of unbranched alkanes of at least 4 members (excludes halogenated alkanes) is 11. The number of aliphatic hydroxyl groups excluding tert-OH is 5. The largest absolute Gasteiger partial charge is 0.390 e. The Morgan fingerprint density at radius 3 is 1.44 bits per heavy atom. The Labute approximate surface area is 387 Å². The molecule has 0 aromatic rings. The highest BCUT2D eigenvalue weighted by atomic mass is 32.2. The van der Waals surface area contributed by atoms with E-state index in [4.69, 9.17) is 9.47 Å². The molecule has 0 radical (unpaired) electrons. The summed E-state index contributed by atoms with van der Waals surface area (Å²) >= 11 is 1.50. The molecular formula is C54H59NO8S. The highest BCUT2D eigenvalue weighted by Gasteiger charge is 2.45. The Morgan fingerprint density at radius 2 is 1.02 bits per heavy atom. The summed E-state index contributed by atoms with van der Waals surface area (Å²) < 4.78 is 11.5. The minimum atomic E-state index is -1.62. The van der Waals surface area contributed by atoms with E-state index in [0.29, 0.717) is 12.2 Å². The molecular weight excluding hydrogens is 823 g/mol. The highest BCUT2D eigenvalue weighted by molar-refractivity contribution is 8.00. The van der Waals surface area contributed by atoms with Gasteiger partial charge in [0.25, 0.3) is 5.91 Å². The number of carbonyl (C=O) groups excluding carboxylic acids is 1. The predicted octanol–water partition coefficient (Wildman–Crippen LogP) is 3.70. The van der Waals surface area contributed by atoms with Crippen LogP contribution in [0, 0.1) is 142 Å². The topological polar surface area (TPSA) is 149 Å². The second-order valence-corrected chi connectivity index (χ2v) is 17.1. The van der Waals surface area contributed by atoms with Crippen LogP contribution in [0.5, 0.6) is 0 Å². The Bertz CT molecular complexity index is 2260. The van der Waals surface area contributed by atoms with Crippen LogP contribution in [0.2, 0.25) is 0 Å². The monoisotopic (exact) mass is 881 g/mol. The lowest BCUT2D eigenvalue weighted by atomic mass is 9.98. The summed E-state index contributed by atoms with van der Waals surface area (Å²) in [5, 5.41) is 56.5. The maximum atomic E-state index is 12.8. The van der Waals surface area contributed by atoms with Gasteiger partial charge in [-0.05, 0) is 108 Å². The van der Waals surface area contributed by atoms with Gasteiger partial charge in [-0.25, -0.2) is 0 Å². The molecule has 1 aliphatic heterocycles. The average Bonchev–Trinajstić information content (AvgIpc) is 3.27. The van der Waals surface area contributed by atoms with Crippen molar-refractivity contribution < 1.29 is 39.8 Å². The summed E-state index contributed by atoms with van der Waals surface area (Å²) in [6.07, 6.45) is 4.64. The van der Waals surface area contributed by atoms with Crippen molar-refractivity contribution in [3.63, 3.8) is 0 Å². The van der Waals surface area contributed by atoms with Crippen molar-refractivity contribution in [3.05, 3.63) is 0 Å². The van der Waals surface area contributed by atoms with Crippen LogP contribution in [0.15, 0.2) is 0 Å². The standard InChI is InChI=1S/C54H59NO8S/c1-6-8-10-12-14-16-18-20-21-22-23-24-25-26-27-28-29-30-32-34-36-38-40-42-48(57)55-45(43-62-53-52(61)51(60)50(59)47(63-53)44-64-54(3,4)5)49(58)46(56)41-39-37-35-33-31-19-17-15-13-11-9-7-2/h45-47,49-53,56,58-61H,7,9,11,13,15,17,19,31,33,35,37,39,41,43-44H2,1-5H3,(H,55,57)/t45-,46+,47?,49-,50-,51-,52?,53-/m0/s1. The van der Waals surface area contributed by atoms with Gasteiger partial charge in [0.1, 0.15) is 24.4 Å². The molecule has 1 fully saturated rings. The predicted molar refractivity (Wildman–Crippen MR) is 253 cm³/mol. The molecule has 1 amide bonds. The lowest BCUT2D eigenvalue weighted by molar-refractivity contribution is -0.294. The van der Waals surface area contributed by atoms with E-state index in [1.54, 1.807) is 6.92 Å². The number of hydrogen-bond acceptors (Lipinski definition) is 9. The van der Waals surface area contributed by atoms with E-state index in [1.165, 1.54) is 63.1 Å². The van der Waals surface area contributed by atoms with Gasteiger partial charge in [-0.15, -0.1) is 0 Å². The van der Waals surface area contributed by atoms with Crippen LogP contribution >= 0.6 is 11.8 Å². The minimum Gasteiger partial charge on any atom is -0.390 e. The molecule has 64 heavy (non-hydrogen) atoms. The van der Waals surface area contributed by atoms with Crippen molar-refractivity contribution >= 4 is 17.7 Å². The quantitative estimate of drug-likeness (QED) is 0.0751. The molecule has 10 heteroatoms. The molecule has 0 aliphatic carbocycles. The zero-order valence-electron chi connectivity index (χ0n) is 37.6. The number of hydrogen-bond donors (Lipinski definition) is 6. The van der Waals surface area contributed by atoms with Gasteiger partial charge in [-0.1, -0.05) is 111 Å². The molecule has 8 atom stereocenters. The van der Waals surface area contributed by atoms with Gasteiger partial charge in [0.15, 0.2) is 6.29 Å². The number of nitrogens with one attached hydrogen (secondary N) is 1. The molecule has 334 valence electrons. The summed E-state index contributed by atoms with van der Waals surface area (Å²) in [5.74, 6) is 59.2. The first-order chi connectivity index (χ1) is 30.9. The number of carbonyl (C=O) groups is 1. The van der Waals surface area contributed by atoms with Crippen LogP contribution in [0.3, 0.4) is 0 Å². The lowest BCUT2D eigenvalue weighted by Gasteiger charge is -2.41. The van der Waals surface area contributed by atoms with Gasteiger partial charge in [-0.3, -0.25) is 4.79 Å². The Balaban J connectivity index is 2.84. The zero-order valence-corrected chi connectivity index (χ0v) is 38.4. The second-order valence-electron chi connectivity index (χ2n) is 15.2. The van der Waals surface area contributed by atoms with E-state index in [-0.39, 0.29) is 11.2 Å². The van der Waals surface area contributed by atoms with Crippen LogP contribution in [0.25, 0.3) is 0 Å². The summed E-state index contributed by atoms with van der Waals surface area (Å²) in [7, 11) is 0. The van der Waals surface area contributed by atoms with Crippen molar-refractivity contribution in [2.24, 2.45) is 0 Å². The number of amides is 1. The average molecular weight is 882 g/mol. The molecule has 9 nitrogen and oxygen atoms in total. The van der Waals surface area contributed by atoms with Gasteiger partial charge >= 0.3 is 0 Å². The maximum Gasteiger partial charge on any atom is 0.297 e. The molecule has 0 aromatic heterocycles. The minimum absolute atomic E-state index is 0.161. The Morgan fingerprint density at radius 1 is 0.609 bits per heavy atom. The Hall–Kier alpha value is -5.74. The van der Waals surface area contributed by atoms with Crippen molar-refractivity contribution in [1.29, 1.82) is 0 Å². The Kier molecular flexibility index (Phi) is 32.3. The van der Waals surface area contributed by atoms with E-state index in [0.717, 1.165) is 19.3 Å². The molecule has 0 spiro atoms. The molecule has 0 aromatic carbocycles. The molecule has 6 N–H and O–H groups in total. The van der Waals surface area contributed by atoms with Crippen LogP contribution < -0.4 is 5.32 Å². The van der Waals surface area contributed by atoms with Crippen molar-refractivity contribution in [2.75, 3.05) is 12.4 Å². The molecule has 0 bridgehead atoms. The molecule has 1 saturated heterocycles. The van der Waals surface area contributed by atoms with Crippen LogP contribution in [-0.4, -0.2) is 97.5 Å². The summed E-state index contributed by atoms with van der Waals surface area (Å²) in [6.45, 7) is 9.47. The van der Waals surface area contributed by atoms with Crippen molar-refractivity contribution in [3.8, 4) is 142 Å². The van der Waals surface area contributed by atoms with Crippen LogP contribution in [-0.2, 0) is 14.3 Å². The SMILES string of the molecule is CC#CC#CC#CC#CC#CC#CC#CC#CC#CC#CC#CC#CC(=O)N[C@@H](CO[C@H]1OC(CSC(C)(C)C)[C@H](O)[C@H](O)C1O)[C@H](O)[C@H](O)CCCCCCCCCCCCCC. The van der Waals surface area contributed by atoms with E-state index in [1.807, 2.05) is 20.8 Å². The first-order valence-corrected chi connectivity index (χ1v) is 22.4. The van der Waals surface area contributed by atoms with Crippen LogP contribution in [0.1, 0.15) is 118 Å². The lowest BCUT2D eigenvalue weighted by Crippen LogP contribution is -2.60. The smallest absolute Gasteiger partial charge is 0.297 e. The van der Waals surface area contributed by atoms with Crippen molar-refractivity contribution in [2.45, 2.75) is 172 Å². The van der Waals surface area contributed by atoms with Gasteiger partial charge in [0, 0.05) is 51.9 Å². The van der Waals surface area contributed by atoms with Crippen LogP contribution in [0.4, 0.5) is 0 Å². The third-order valence-electron chi connectivity index (χ3n) is 8.88. The van der Waals surface area contributed by atoms with E-state index in [9.17, 15) is 30.3 Å². The first-order valence-electron chi connectivity index (χ1n) is 21.5. The first kappa shape index (κ1) is 56.3. The summed E-state index contributed by atoms with van der Waals surface area (Å²) in [4.78, 5) is 12.8. The zero-order chi connectivity index (χ0) is 47.1. The fourth-order valence-corrected chi connectivity index (χ4v) is 6.50. The number of thioether (sulfide) groups is 1. The third-order valence-corrected chi connectivity index (χ3v) is 10.2. The summed E-state index contributed by atoms with van der Waals surface area (Å²) in [5.41, 5.74) is 0. The van der Waals surface area contributed by atoms with Gasteiger partial charge < -0.3 is 40.3 Å². The van der Waals surface area contributed by atoms with Gasteiger partial charge in [0.05, 0.1) is 24.9 Å². The number of aliphatic hydroxyl groups is 5. The molecule has 2 unspecified atom stereocenters.